The molecule has 2 amide bonds. The van der Waals surface area contributed by atoms with E-state index >= 15 is 0 Å². The molecule has 0 bridgehead atoms. The molecular formula is C17H17FN2O3S. The molecule has 2 heterocycles. The van der Waals surface area contributed by atoms with Crippen LogP contribution in [-0.4, -0.2) is 28.9 Å². The summed E-state index contributed by atoms with van der Waals surface area (Å²) in [4.78, 5) is 24.3. The second-order valence-corrected chi connectivity index (χ2v) is 6.71. The molecule has 5 nitrogen and oxygen atoms in total. The molecule has 24 heavy (non-hydrogen) atoms. The Kier molecular flexibility index (Phi) is 5.20. The standard InChI is InChI=1S/C17H17FN2O3S/c18-13-6-2-1-4-11(13)8-15-17(22)20-14(10-24-15)16(21)19-9-12-5-3-7-23-12/h1-7,14-15H,8-10H2,(H,19,21)(H,20,22)/t14-,15-/m1/s1. The largest absolute Gasteiger partial charge is 0.467 e. The lowest BCUT2D eigenvalue weighted by atomic mass is 10.1. The summed E-state index contributed by atoms with van der Waals surface area (Å²) in [5.74, 6) is 0.290. The summed E-state index contributed by atoms with van der Waals surface area (Å²) in [7, 11) is 0. The van der Waals surface area contributed by atoms with E-state index in [4.69, 9.17) is 4.42 Å². The van der Waals surface area contributed by atoms with Crippen molar-refractivity contribution in [3.05, 3.63) is 59.8 Å². The van der Waals surface area contributed by atoms with E-state index < -0.39 is 11.3 Å². The molecule has 126 valence electrons. The van der Waals surface area contributed by atoms with Crippen molar-refractivity contribution in [3.63, 3.8) is 0 Å². The molecule has 0 aliphatic carbocycles. The number of amides is 2. The Hall–Kier alpha value is -2.28. The molecule has 2 N–H and O–H groups in total. The van der Waals surface area contributed by atoms with Gasteiger partial charge >= 0.3 is 0 Å². The van der Waals surface area contributed by atoms with E-state index in [9.17, 15) is 14.0 Å². The minimum atomic E-state index is -0.589. The van der Waals surface area contributed by atoms with Crippen LogP contribution in [0.5, 0.6) is 0 Å². The van der Waals surface area contributed by atoms with Crippen LogP contribution in [-0.2, 0) is 22.6 Å². The van der Waals surface area contributed by atoms with Crippen molar-refractivity contribution >= 4 is 23.6 Å². The van der Waals surface area contributed by atoms with Gasteiger partial charge in [-0.05, 0) is 30.2 Å². The monoisotopic (exact) mass is 348 g/mol. The van der Waals surface area contributed by atoms with Gasteiger partial charge in [-0.3, -0.25) is 9.59 Å². The second-order valence-electron chi connectivity index (χ2n) is 5.48. The minimum absolute atomic E-state index is 0.243. The van der Waals surface area contributed by atoms with Gasteiger partial charge in [0.2, 0.25) is 11.8 Å². The van der Waals surface area contributed by atoms with Gasteiger partial charge < -0.3 is 15.1 Å². The zero-order valence-electron chi connectivity index (χ0n) is 12.8. The molecule has 3 rings (SSSR count). The van der Waals surface area contributed by atoms with Crippen LogP contribution in [0, 0.1) is 5.82 Å². The van der Waals surface area contributed by atoms with Crippen LogP contribution in [0.4, 0.5) is 4.39 Å². The number of nitrogens with one attached hydrogen (secondary N) is 2. The molecule has 1 aromatic carbocycles. The van der Waals surface area contributed by atoms with Crippen LogP contribution in [0.2, 0.25) is 0 Å². The Balaban J connectivity index is 1.52. The molecule has 0 saturated carbocycles. The third kappa shape index (κ3) is 3.97. The molecule has 7 heteroatoms. The van der Waals surface area contributed by atoms with Crippen molar-refractivity contribution in [2.24, 2.45) is 0 Å². The van der Waals surface area contributed by atoms with Gasteiger partial charge in [0.25, 0.3) is 0 Å². The highest BCUT2D eigenvalue weighted by molar-refractivity contribution is 8.00. The van der Waals surface area contributed by atoms with Crippen LogP contribution in [0.1, 0.15) is 11.3 Å². The summed E-state index contributed by atoms with van der Waals surface area (Å²) in [5.41, 5.74) is 0.505. The highest BCUT2D eigenvalue weighted by Gasteiger charge is 2.32. The molecule has 1 saturated heterocycles. The van der Waals surface area contributed by atoms with Gasteiger partial charge in [-0.25, -0.2) is 4.39 Å². The minimum Gasteiger partial charge on any atom is -0.467 e. The third-order valence-electron chi connectivity index (χ3n) is 3.77. The Morgan fingerprint density at radius 2 is 2.17 bits per heavy atom. The van der Waals surface area contributed by atoms with Gasteiger partial charge in [-0.15, -0.1) is 11.8 Å². The van der Waals surface area contributed by atoms with Crippen LogP contribution < -0.4 is 10.6 Å². The number of carbonyl (C=O) groups excluding carboxylic acids is 2. The smallest absolute Gasteiger partial charge is 0.243 e. The van der Waals surface area contributed by atoms with E-state index in [-0.39, 0.29) is 24.2 Å². The maximum Gasteiger partial charge on any atom is 0.243 e. The van der Waals surface area contributed by atoms with E-state index in [1.807, 2.05) is 0 Å². The molecule has 1 aliphatic rings. The molecule has 1 aliphatic heterocycles. The summed E-state index contributed by atoms with van der Waals surface area (Å²) in [6, 6.07) is 9.33. The molecule has 2 atom stereocenters. The third-order valence-corrected chi connectivity index (χ3v) is 5.08. The molecule has 1 fully saturated rings. The van der Waals surface area contributed by atoms with Gasteiger partial charge in [0.15, 0.2) is 0 Å². The molecule has 1 aromatic heterocycles. The number of hydrogen-bond donors (Lipinski definition) is 2. The first-order chi connectivity index (χ1) is 11.6. The molecule has 0 spiro atoms. The normalized spacial score (nSPS) is 20.5. The van der Waals surface area contributed by atoms with Crippen LogP contribution >= 0.6 is 11.8 Å². The lowest BCUT2D eigenvalue weighted by molar-refractivity contribution is -0.128. The summed E-state index contributed by atoms with van der Waals surface area (Å²) in [5, 5.41) is 5.05. The first-order valence-electron chi connectivity index (χ1n) is 7.59. The molecule has 0 radical (unpaired) electrons. The van der Waals surface area contributed by atoms with Crippen molar-refractivity contribution in [3.8, 4) is 0 Å². The maximum absolute atomic E-state index is 13.7. The molecule has 2 aromatic rings. The lowest BCUT2D eigenvalue weighted by Gasteiger charge is -2.28. The average Bonchev–Trinajstić information content (AvgIpc) is 3.10. The number of rotatable bonds is 5. The zero-order chi connectivity index (χ0) is 16.9. The number of carbonyl (C=O) groups is 2. The van der Waals surface area contributed by atoms with Crippen LogP contribution in [0.15, 0.2) is 47.1 Å². The van der Waals surface area contributed by atoms with Crippen molar-refractivity contribution in [2.45, 2.75) is 24.3 Å². The van der Waals surface area contributed by atoms with Crippen molar-refractivity contribution < 1.29 is 18.4 Å². The van der Waals surface area contributed by atoms with E-state index in [1.165, 1.54) is 24.1 Å². The van der Waals surface area contributed by atoms with Gasteiger partial charge in [-0.1, -0.05) is 18.2 Å². The van der Waals surface area contributed by atoms with Crippen LogP contribution in [0.3, 0.4) is 0 Å². The van der Waals surface area contributed by atoms with Gasteiger partial charge in [-0.2, -0.15) is 0 Å². The highest BCUT2D eigenvalue weighted by Crippen LogP contribution is 2.23. The first-order valence-corrected chi connectivity index (χ1v) is 8.64. The first kappa shape index (κ1) is 16.6. The van der Waals surface area contributed by atoms with E-state index in [0.717, 1.165) is 0 Å². The number of benzene rings is 1. The number of hydrogen-bond acceptors (Lipinski definition) is 4. The van der Waals surface area contributed by atoms with Crippen molar-refractivity contribution in [1.82, 2.24) is 10.6 Å². The fourth-order valence-electron chi connectivity index (χ4n) is 2.46. The summed E-state index contributed by atoms with van der Waals surface area (Å²) in [6.07, 6.45) is 1.84. The van der Waals surface area contributed by atoms with Crippen molar-refractivity contribution in [2.75, 3.05) is 5.75 Å². The van der Waals surface area contributed by atoms with E-state index in [2.05, 4.69) is 10.6 Å². The van der Waals surface area contributed by atoms with Gasteiger partial charge in [0, 0.05) is 5.75 Å². The second kappa shape index (κ2) is 7.53. The Labute approximate surface area is 143 Å². The zero-order valence-corrected chi connectivity index (χ0v) is 13.6. The topological polar surface area (TPSA) is 71.3 Å². The fourth-order valence-corrected chi connectivity index (χ4v) is 3.64. The van der Waals surface area contributed by atoms with Gasteiger partial charge in [0.05, 0.1) is 18.1 Å². The van der Waals surface area contributed by atoms with Crippen LogP contribution in [0.25, 0.3) is 0 Å². The number of halogens is 1. The average molecular weight is 348 g/mol. The molecular weight excluding hydrogens is 331 g/mol. The fraction of sp³-hybridized carbons (Fsp3) is 0.294. The quantitative estimate of drug-likeness (QED) is 0.865. The summed E-state index contributed by atoms with van der Waals surface area (Å²) >= 11 is 1.37. The summed E-state index contributed by atoms with van der Waals surface area (Å²) in [6.45, 7) is 0.279. The predicted octanol–water partition coefficient (Wildman–Crippen LogP) is 1.88. The number of furan rings is 1. The number of thioether (sulfide) groups is 1. The summed E-state index contributed by atoms with van der Waals surface area (Å²) < 4.78 is 18.8. The van der Waals surface area contributed by atoms with Gasteiger partial charge in [0.1, 0.15) is 17.6 Å². The SMILES string of the molecule is O=C(NCc1ccco1)[C@H]1CS[C@H](Cc2ccccc2F)C(=O)N1. The Morgan fingerprint density at radius 3 is 2.88 bits per heavy atom. The predicted molar refractivity (Wildman–Crippen MR) is 88.8 cm³/mol. The van der Waals surface area contributed by atoms with Crippen molar-refractivity contribution in [1.29, 1.82) is 0 Å². The van der Waals surface area contributed by atoms with E-state index in [1.54, 1.807) is 30.3 Å². The van der Waals surface area contributed by atoms with E-state index in [0.29, 0.717) is 23.5 Å². The Morgan fingerprint density at radius 1 is 1.33 bits per heavy atom. The maximum atomic E-state index is 13.7. The lowest BCUT2D eigenvalue weighted by Crippen LogP contribution is -2.54. The molecule has 0 unspecified atom stereocenters. The Bertz CT molecular complexity index is 720. The highest BCUT2D eigenvalue weighted by atomic mass is 32.2.